The number of nitrogens with zero attached hydrogens (tertiary/aromatic N) is 4. The van der Waals surface area contributed by atoms with Gasteiger partial charge in [-0.3, -0.25) is 9.59 Å². The molecule has 1 unspecified atom stereocenters. The number of anilines is 5. The Morgan fingerprint density at radius 1 is 1.14 bits per heavy atom. The molecule has 0 saturated carbocycles. The van der Waals surface area contributed by atoms with E-state index in [1.807, 2.05) is 31.2 Å². The van der Waals surface area contributed by atoms with Gasteiger partial charge in [-0.25, -0.2) is 13.8 Å². The first kappa shape index (κ1) is 29.5. The number of halogens is 2. The molecule has 0 spiro atoms. The van der Waals surface area contributed by atoms with Crippen LogP contribution in [0.25, 0.3) is 0 Å². The van der Waals surface area contributed by atoms with E-state index in [0.29, 0.717) is 19.8 Å². The summed E-state index contributed by atoms with van der Waals surface area (Å²) >= 11 is 6.27. The molecule has 222 valence electrons. The van der Waals surface area contributed by atoms with Gasteiger partial charge in [0.15, 0.2) is 0 Å². The number of nitrogens with one attached hydrogen (secondary N) is 2. The van der Waals surface area contributed by atoms with Crippen LogP contribution in [0.2, 0.25) is 0 Å². The summed E-state index contributed by atoms with van der Waals surface area (Å²) in [6, 6.07) is 13.6. The van der Waals surface area contributed by atoms with Crippen LogP contribution in [0.4, 0.5) is 33.2 Å². The maximum atomic E-state index is 14.3. The van der Waals surface area contributed by atoms with Crippen molar-refractivity contribution in [3.8, 4) is 0 Å². The maximum absolute atomic E-state index is 14.3. The lowest BCUT2D eigenvalue weighted by Crippen LogP contribution is -2.36. The van der Waals surface area contributed by atoms with Crippen molar-refractivity contribution in [3.05, 3.63) is 66.1 Å². The summed E-state index contributed by atoms with van der Waals surface area (Å²) in [5.74, 6) is -0.915. The fourth-order valence-electron chi connectivity index (χ4n) is 5.09. The molecular formula is C30H34ClFN6O4. The second-order valence-corrected chi connectivity index (χ2v) is 10.5. The average molecular weight is 597 g/mol. The molecule has 42 heavy (non-hydrogen) atoms. The molecule has 0 aliphatic carbocycles. The molecule has 10 nitrogen and oxygen atoms in total. The molecule has 5 rings (SSSR count). The Hall–Kier alpha value is -3.96. The Morgan fingerprint density at radius 3 is 2.60 bits per heavy atom. The van der Waals surface area contributed by atoms with Crippen molar-refractivity contribution in [2.24, 2.45) is 5.92 Å². The van der Waals surface area contributed by atoms with Crippen molar-refractivity contribution >= 4 is 52.5 Å². The van der Waals surface area contributed by atoms with Gasteiger partial charge in [-0.1, -0.05) is 12.1 Å². The zero-order valence-electron chi connectivity index (χ0n) is 23.4. The first-order valence-electron chi connectivity index (χ1n) is 14.2. The zero-order valence-corrected chi connectivity index (χ0v) is 24.1. The standard InChI is InChI=1S/C30H34ClFN6O4/c1-2-41-29(40)20-13-15-37(16-14-20)22-11-9-21(10-12-22)35-30-34-19-24(27(36-30)33-18-23-6-5-17-42-23)28(39)38(31)26-8-4-3-7-25(26)32/h3-4,7-12,19-20,23H,2,5-6,13-18H2,1H3,(H2,33,34,35,36). The van der Waals surface area contributed by atoms with E-state index < -0.39 is 11.7 Å². The first-order chi connectivity index (χ1) is 20.4. The van der Waals surface area contributed by atoms with Gasteiger partial charge in [0, 0.05) is 55.6 Å². The highest BCUT2D eigenvalue weighted by Gasteiger charge is 2.27. The Labute approximate surface area is 249 Å². The first-order valence-corrected chi connectivity index (χ1v) is 14.5. The topological polar surface area (TPSA) is 109 Å². The van der Waals surface area contributed by atoms with Gasteiger partial charge in [-0.2, -0.15) is 4.98 Å². The third kappa shape index (κ3) is 7.08. The van der Waals surface area contributed by atoms with E-state index in [0.717, 1.165) is 54.6 Å². The van der Waals surface area contributed by atoms with Crippen LogP contribution < -0.4 is 20.0 Å². The fraction of sp³-hybridized carbons (Fsp3) is 0.400. The summed E-state index contributed by atoms with van der Waals surface area (Å²) in [4.78, 5) is 36.5. The molecule has 0 radical (unpaired) electrons. The van der Waals surface area contributed by atoms with Crippen LogP contribution in [-0.2, 0) is 14.3 Å². The third-order valence-electron chi connectivity index (χ3n) is 7.39. The molecule has 2 fully saturated rings. The second kappa shape index (κ2) is 13.8. The molecule has 0 bridgehead atoms. The molecule has 1 atom stereocenters. The summed E-state index contributed by atoms with van der Waals surface area (Å²) in [6.45, 7) is 4.92. The van der Waals surface area contributed by atoms with Crippen LogP contribution in [-0.4, -0.2) is 60.8 Å². The van der Waals surface area contributed by atoms with Gasteiger partial charge in [0.1, 0.15) is 17.2 Å². The number of rotatable bonds is 10. The minimum absolute atomic E-state index is 0.00657. The van der Waals surface area contributed by atoms with Gasteiger partial charge in [0.25, 0.3) is 5.91 Å². The van der Waals surface area contributed by atoms with Gasteiger partial charge in [0.2, 0.25) is 5.95 Å². The van der Waals surface area contributed by atoms with Crippen molar-refractivity contribution in [3.63, 3.8) is 0 Å². The van der Waals surface area contributed by atoms with Crippen molar-refractivity contribution in [1.29, 1.82) is 0 Å². The lowest BCUT2D eigenvalue weighted by Gasteiger charge is -2.32. The highest BCUT2D eigenvalue weighted by atomic mass is 35.5. The zero-order chi connectivity index (χ0) is 29.5. The minimum Gasteiger partial charge on any atom is -0.466 e. The van der Waals surface area contributed by atoms with Gasteiger partial charge >= 0.3 is 5.97 Å². The minimum atomic E-state index is -0.667. The molecule has 12 heteroatoms. The van der Waals surface area contributed by atoms with Gasteiger partial charge < -0.3 is 25.0 Å². The fourth-order valence-corrected chi connectivity index (χ4v) is 5.32. The number of carbonyl (C=O) groups excluding carboxylic acids is 2. The summed E-state index contributed by atoms with van der Waals surface area (Å²) in [6.07, 6.45) is 4.75. The monoisotopic (exact) mass is 596 g/mol. The predicted molar refractivity (Wildman–Crippen MR) is 160 cm³/mol. The second-order valence-electron chi connectivity index (χ2n) is 10.2. The highest BCUT2D eigenvalue weighted by molar-refractivity contribution is 6.39. The number of hydrogen-bond donors (Lipinski definition) is 2. The Kier molecular flexibility index (Phi) is 9.70. The third-order valence-corrected chi connectivity index (χ3v) is 7.72. The van der Waals surface area contributed by atoms with Crippen molar-refractivity contribution in [1.82, 2.24) is 9.97 Å². The maximum Gasteiger partial charge on any atom is 0.309 e. The molecule has 3 aromatic rings. The SMILES string of the molecule is CCOC(=O)C1CCN(c2ccc(Nc3ncc(C(=O)N(Cl)c4ccccc4F)c(NCC4CCCO4)n3)cc2)CC1. The van der Waals surface area contributed by atoms with E-state index in [-0.39, 0.29) is 41.0 Å². The van der Waals surface area contributed by atoms with Gasteiger partial charge in [-0.15, -0.1) is 0 Å². The van der Waals surface area contributed by atoms with Crippen LogP contribution in [0.5, 0.6) is 0 Å². The highest BCUT2D eigenvalue weighted by Crippen LogP contribution is 2.28. The molecule has 2 aliphatic rings. The number of esters is 1. The Bertz CT molecular complexity index is 1380. The van der Waals surface area contributed by atoms with E-state index >= 15 is 0 Å². The Balaban J connectivity index is 1.28. The van der Waals surface area contributed by atoms with Crippen LogP contribution in [0.15, 0.2) is 54.7 Å². The molecule has 2 saturated heterocycles. The largest absolute Gasteiger partial charge is 0.466 e. The van der Waals surface area contributed by atoms with Gasteiger partial charge in [-0.05, 0) is 69.0 Å². The number of amides is 1. The average Bonchev–Trinajstić information content (AvgIpc) is 3.54. The number of hydrogen-bond acceptors (Lipinski definition) is 9. The summed E-state index contributed by atoms with van der Waals surface area (Å²) < 4.78 is 25.9. The van der Waals surface area contributed by atoms with Crippen molar-refractivity contribution in [2.75, 3.05) is 52.8 Å². The van der Waals surface area contributed by atoms with E-state index in [1.165, 1.54) is 24.4 Å². The number of ether oxygens (including phenoxy) is 2. The lowest BCUT2D eigenvalue weighted by molar-refractivity contribution is -0.148. The summed E-state index contributed by atoms with van der Waals surface area (Å²) in [5, 5.41) is 6.38. The number of carbonyl (C=O) groups is 2. The molecule has 2 aromatic carbocycles. The van der Waals surface area contributed by atoms with Crippen LogP contribution in [0, 0.1) is 11.7 Å². The predicted octanol–water partition coefficient (Wildman–Crippen LogP) is 5.53. The Morgan fingerprint density at radius 2 is 1.90 bits per heavy atom. The van der Waals surface area contributed by atoms with Crippen molar-refractivity contribution in [2.45, 2.75) is 38.7 Å². The number of benzene rings is 2. The summed E-state index contributed by atoms with van der Waals surface area (Å²) in [5.41, 5.74) is 1.84. The lowest BCUT2D eigenvalue weighted by atomic mass is 9.96. The van der Waals surface area contributed by atoms with Crippen molar-refractivity contribution < 1.29 is 23.5 Å². The number of piperidine rings is 1. The quantitative estimate of drug-likeness (QED) is 0.231. The smallest absolute Gasteiger partial charge is 0.309 e. The normalized spacial score (nSPS) is 17.1. The molecule has 2 aliphatic heterocycles. The van der Waals surface area contributed by atoms with E-state index in [4.69, 9.17) is 21.3 Å². The van der Waals surface area contributed by atoms with E-state index in [9.17, 15) is 14.0 Å². The number of aromatic nitrogens is 2. The molecule has 1 amide bonds. The van der Waals surface area contributed by atoms with Crippen LogP contribution >= 0.6 is 11.8 Å². The number of para-hydroxylation sites is 1. The molecule has 1 aromatic heterocycles. The van der Waals surface area contributed by atoms with Crippen LogP contribution in [0.1, 0.15) is 43.0 Å². The van der Waals surface area contributed by atoms with E-state index in [2.05, 4.69) is 25.5 Å². The van der Waals surface area contributed by atoms with Gasteiger partial charge in [0.05, 0.1) is 24.3 Å². The molecule has 2 N–H and O–H groups in total. The molecule has 3 heterocycles. The summed E-state index contributed by atoms with van der Waals surface area (Å²) in [7, 11) is 0. The van der Waals surface area contributed by atoms with Crippen LogP contribution in [0.3, 0.4) is 0 Å². The molecular weight excluding hydrogens is 563 g/mol. The van der Waals surface area contributed by atoms with E-state index in [1.54, 1.807) is 6.07 Å².